The topological polar surface area (TPSA) is 75.2 Å². The minimum atomic E-state index is -3.47. The maximum absolute atomic E-state index is 13.1. The van der Waals surface area contributed by atoms with Gasteiger partial charge >= 0.3 is 0 Å². The van der Waals surface area contributed by atoms with Gasteiger partial charge in [0.2, 0.25) is 10.0 Å². The van der Waals surface area contributed by atoms with Gasteiger partial charge in [0.25, 0.3) is 0 Å². The fourth-order valence-electron chi connectivity index (χ4n) is 3.15. The van der Waals surface area contributed by atoms with Crippen molar-refractivity contribution in [2.45, 2.75) is 56.9 Å². The zero-order valence-electron chi connectivity index (χ0n) is 16.3. The van der Waals surface area contributed by atoms with E-state index in [1.165, 1.54) is 0 Å². The van der Waals surface area contributed by atoms with E-state index in [0.717, 1.165) is 30.7 Å². The van der Waals surface area contributed by atoms with Crippen LogP contribution in [0, 0.1) is 0 Å². The first kappa shape index (κ1) is 19.8. The fraction of sp³-hybridized carbons (Fsp3) is 0.500. The molecule has 0 radical (unpaired) electrons. The number of anilines is 1. The molecule has 0 bridgehead atoms. The largest absolute Gasteiger partial charge is 0.366 e. The normalized spacial score (nSPS) is 16.3. The zero-order chi connectivity index (χ0) is 19.5. The number of nitrogens with one attached hydrogen (secondary N) is 1. The number of hydrogen-bond acceptors (Lipinski definition) is 5. The highest BCUT2D eigenvalue weighted by atomic mass is 32.2. The van der Waals surface area contributed by atoms with Gasteiger partial charge in [-0.3, -0.25) is 0 Å². The van der Waals surface area contributed by atoms with Crippen molar-refractivity contribution in [3.05, 3.63) is 47.9 Å². The summed E-state index contributed by atoms with van der Waals surface area (Å²) in [4.78, 5) is 9.27. The third-order valence-corrected chi connectivity index (χ3v) is 6.69. The minimum Gasteiger partial charge on any atom is -0.366 e. The Kier molecular flexibility index (Phi) is 5.81. The van der Waals surface area contributed by atoms with Gasteiger partial charge in [-0.25, -0.2) is 18.4 Å². The molecule has 0 unspecified atom stereocenters. The molecule has 1 aliphatic rings. The maximum atomic E-state index is 13.1. The summed E-state index contributed by atoms with van der Waals surface area (Å²) in [7, 11) is -3.47. The van der Waals surface area contributed by atoms with Crippen LogP contribution in [0.15, 0.2) is 41.4 Å². The van der Waals surface area contributed by atoms with Gasteiger partial charge < -0.3 is 5.32 Å². The quantitative estimate of drug-likeness (QED) is 0.848. The van der Waals surface area contributed by atoms with E-state index in [0.29, 0.717) is 30.3 Å². The molecule has 2 heterocycles. The summed E-state index contributed by atoms with van der Waals surface area (Å²) in [6.45, 7) is 7.78. The van der Waals surface area contributed by atoms with E-state index in [-0.39, 0.29) is 5.41 Å². The van der Waals surface area contributed by atoms with Crippen molar-refractivity contribution in [2.24, 2.45) is 0 Å². The molecular weight excluding hydrogens is 360 g/mol. The van der Waals surface area contributed by atoms with Crippen LogP contribution in [0.5, 0.6) is 0 Å². The summed E-state index contributed by atoms with van der Waals surface area (Å²) in [5.74, 6) is 1.45. The van der Waals surface area contributed by atoms with Crippen molar-refractivity contribution in [1.82, 2.24) is 14.3 Å². The molecule has 0 spiro atoms. The molecule has 1 aromatic carbocycles. The monoisotopic (exact) mass is 388 g/mol. The lowest BCUT2D eigenvalue weighted by Crippen LogP contribution is -2.36. The smallest absolute Gasteiger partial charge is 0.243 e. The summed E-state index contributed by atoms with van der Waals surface area (Å²) >= 11 is 0. The number of piperidine rings is 1. The van der Waals surface area contributed by atoms with E-state index in [1.54, 1.807) is 28.7 Å². The van der Waals surface area contributed by atoms with Crippen LogP contribution in [0.3, 0.4) is 0 Å². The molecule has 0 aliphatic carbocycles. The maximum Gasteiger partial charge on any atom is 0.243 e. The van der Waals surface area contributed by atoms with E-state index in [9.17, 15) is 8.42 Å². The van der Waals surface area contributed by atoms with Crippen molar-refractivity contribution in [3.8, 4) is 0 Å². The van der Waals surface area contributed by atoms with Gasteiger partial charge in [0.1, 0.15) is 11.6 Å². The van der Waals surface area contributed by atoms with E-state index in [1.807, 2.05) is 12.1 Å². The second-order valence-electron chi connectivity index (χ2n) is 7.94. The summed E-state index contributed by atoms with van der Waals surface area (Å²) < 4.78 is 27.8. The first-order valence-corrected chi connectivity index (χ1v) is 10.9. The second kappa shape index (κ2) is 7.94. The lowest BCUT2D eigenvalue weighted by molar-refractivity contribution is 0.346. The Balaban J connectivity index is 1.81. The van der Waals surface area contributed by atoms with Crippen LogP contribution in [-0.4, -0.2) is 35.8 Å². The SMILES string of the molecule is CC(C)(C)c1nccc(NCc2ccccc2S(=O)(=O)N2CCCCC2)n1. The minimum absolute atomic E-state index is 0.146. The Morgan fingerprint density at radius 3 is 2.48 bits per heavy atom. The van der Waals surface area contributed by atoms with Gasteiger partial charge in [-0.1, -0.05) is 45.4 Å². The van der Waals surface area contributed by atoms with Crippen LogP contribution in [0.2, 0.25) is 0 Å². The van der Waals surface area contributed by atoms with Crippen LogP contribution >= 0.6 is 0 Å². The van der Waals surface area contributed by atoms with Crippen LogP contribution < -0.4 is 5.32 Å². The van der Waals surface area contributed by atoms with Crippen molar-refractivity contribution >= 4 is 15.8 Å². The number of nitrogens with zero attached hydrogens (tertiary/aromatic N) is 3. The summed E-state index contributed by atoms with van der Waals surface area (Å²) in [5.41, 5.74) is 0.603. The Hall–Kier alpha value is -1.99. The molecule has 0 saturated carbocycles. The van der Waals surface area contributed by atoms with Gasteiger partial charge in [0.15, 0.2) is 0 Å². The van der Waals surface area contributed by atoms with Gasteiger partial charge in [-0.2, -0.15) is 4.31 Å². The molecule has 1 saturated heterocycles. The van der Waals surface area contributed by atoms with Gasteiger partial charge in [0, 0.05) is 31.2 Å². The predicted molar refractivity (Wildman–Crippen MR) is 107 cm³/mol. The number of hydrogen-bond donors (Lipinski definition) is 1. The number of aromatic nitrogens is 2. The molecule has 2 aromatic rings. The van der Waals surface area contributed by atoms with Crippen LogP contribution in [0.4, 0.5) is 5.82 Å². The lowest BCUT2D eigenvalue weighted by Gasteiger charge is -2.27. The third kappa shape index (κ3) is 4.65. The summed E-state index contributed by atoms with van der Waals surface area (Å²) in [5, 5.41) is 3.25. The average molecular weight is 389 g/mol. The first-order valence-electron chi connectivity index (χ1n) is 9.44. The van der Waals surface area contributed by atoms with Crippen LogP contribution in [-0.2, 0) is 22.0 Å². The Labute approximate surface area is 162 Å². The third-order valence-electron chi connectivity index (χ3n) is 4.69. The molecular formula is C20H28N4O2S. The predicted octanol–water partition coefficient (Wildman–Crippen LogP) is 3.56. The lowest BCUT2D eigenvalue weighted by atomic mass is 9.96. The Bertz CT molecular complexity index is 885. The highest BCUT2D eigenvalue weighted by Crippen LogP contribution is 2.24. The fourth-order valence-corrected chi connectivity index (χ4v) is 4.89. The van der Waals surface area contributed by atoms with Gasteiger partial charge in [-0.15, -0.1) is 0 Å². The molecule has 3 rings (SSSR count). The van der Waals surface area contributed by atoms with E-state index in [4.69, 9.17) is 0 Å². The van der Waals surface area contributed by atoms with Crippen molar-refractivity contribution in [2.75, 3.05) is 18.4 Å². The highest BCUT2D eigenvalue weighted by Gasteiger charge is 2.27. The van der Waals surface area contributed by atoms with Crippen molar-refractivity contribution in [1.29, 1.82) is 0 Å². The van der Waals surface area contributed by atoms with Crippen molar-refractivity contribution in [3.63, 3.8) is 0 Å². The molecule has 0 amide bonds. The standard InChI is InChI=1S/C20H28N4O2S/c1-20(2,3)19-21-12-11-18(23-19)22-15-16-9-5-6-10-17(16)27(25,26)24-13-7-4-8-14-24/h5-6,9-12H,4,7-8,13-15H2,1-3H3,(H,21,22,23). The van der Waals surface area contributed by atoms with Crippen LogP contribution in [0.25, 0.3) is 0 Å². The molecule has 1 aromatic heterocycles. The van der Waals surface area contributed by atoms with E-state index >= 15 is 0 Å². The van der Waals surface area contributed by atoms with Gasteiger partial charge in [0.05, 0.1) is 4.90 Å². The molecule has 0 atom stereocenters. The summed E-state index contributed by atoms with van der Waals surface area (Å²) in [6.07, 6.45) is 4.68. The Morgan fingerprint density at radius 2 is 1.78 bits per heavy atom. The molecule has 1 N–H and O–H groups in total. The molecule has 6 nitrogen and oxygen atoms in total. The van der Waals surface area contributed by atoms with Crippen molar-refractivity contribution < 1.29 is 8.42 Å². The second-order valence-corrected chi connectivity index (χ2v) is 9.85. The average Bonchev–Trinajstić information content (AvgIpc) is 2.67. The molecule has 7 heteroatoms. The van der Waals surface area contributed by atoms with Crippen LogP contribution in [0.1, 0.15) is 51.4 Å². The molecule has 27 heavy (non-hydrogen) atoms. The van der Waals surface area contributed by atoms with E-state index in [2.05, 4.69) is 36.1 Å². The number of sulfonamides is 1. The van der Waals surface area contributed by atoms with E-state index < -0.39 is 10.0 Å². The highest BCUT2D eigenvalue weighted by molar-refractivity contribution is 7.89. The van der Waals surface area contributed by atoms with Gasteiger partial charge in [-0.05, 0) is 30.5 Å². The molecule has 1 fully saturated rings. The zero-order valence-corrected chi connectivity index (χ0v) is 17.1. The Morgan fingerprint density at radius 1 is 1.07 bits per heavy atom. The first-order chi connectivity index (χ1) is 12.8. The molecule has 1 aliphatic heterocycles. The number of benzene rings is 1. The number of rotatable bonds is 5. The molecule has 146 valence electrons. The summed E-state index contributed by atoms with van der Waals surface area (Å²) in [6, 6.07) is 9.00.